The highest BCUT2D eigenvalue weighted by molar-refractivity contribution is 5.69. The van der Waals surface area contributed by atoms with E-state index in [0.717, 1.165) is 0 Å². The van der Waals surface area contributed by atoms with Gasteiger partial charge in [-0.1, -0.05) is 13.0 Å². The Labute approximate surface area is 163 Å². The summed E-state index contributed by atoms with van der Waals surface area (Å²) in [4.78, 5) is 14.5. The van der Waals surface area contributed by atoms with Crippen LogP contribution in [0, 0.1) is 23.1 Å². The number of pyridine rings is 1. The van der Waals surface area contributed by atoms with E-state index in [4.69, 9.17) is 15.6 Å². The molecule has 0 aliphatic carbocycles. The molecule has 0 saturated carbocycles. The summed E-state index contributed by atoms with van der Waals surface area (Å²) in [6.45, 7) is 5.82. The highest BCUT2D eigenvalue weighted by Gasteiger charge is 2.23. The van der Waals surface area contributed by atoms with Gasteiger partial charge in [-0.3, -0.25) is 0 Å². The molecule has 0 aliphatic rings. The zero-order chi connectivity index (χ0) is 20.9. The molecule has 0 aliphatic heterocycles. The molecule has 1 unspecified atom stereocenters. The quantitative estimate of drug-likeness (QED) is 0.665. The summed E-state index contributed by atoms with van der Waals surface area (Å²) in [6.07, 6.45) is 0.879. The van der Waals surface area contributed by atoms with Crippen molar-refractivity contribution in [1.29, 1.82) is 5.26 Å². The Bertz CT molecular complexity index is 909. The number of benzene rings is 1. The molecule has 0 bridgehead atoms. The van der Waals surface area contributed by atoms with E-state index in [0.29, 0.717) is 24.3 Å². The number of nitrogens with one attached hydrogen (secondary N) is 1. The number of hydrogen-bond acceptors (Lipinski definition) is 5. The third-order valence-electron chi connectivity index (χ3n) is 4.15. The van der Waals surface area contributed by atoms with E-state index < -0.39 is 17.4 Å². The minimum absolute atomic E-state index is 0.0329. The fraction of sp³-hybridized carbons (Fsp3) is 0.350. The van der Waals surface area contributed by atoms with Gasteiger partial charge in [-0.25, -0.2) is 14.2 Å². The van der Waals surface area contributed by atoms with Crippen molar-refractivity contribution in [2.75, 3.05) is 12.3 Å². The number of carboxylic acid groups (broad SMARTS) is 1. The Morgan fingerprint density at radius 2 is 2.18 bits per heavy atom. The third kappa shape index (κ3) is 5.33. The number of anilines is 1. The van der Waals surface area contributed by atoms with Crippen LogP contribution >= 0.6 is 0 Å². The van der Waals surface area contributed by atoms with Crippen LogP contribution in [0.4, 0.5) is 15.0 Å². The van der Waals surface area contributed by atoms with E-state index in [-0.39, 0.29) is 22.9 Å². The second kappa shape index (κ2) is 8.57. The molecule has 0 radical (unpaired) electrons. The minimum atomic E-state index is -1.08. The molecule has 7 nitrogen and oxygen atoms in total. The van der Waals surface area contributed by atoms with Crippen molar-refractivity contribution in [3.8, 4) is 22.9 Å². The minimum Gasteiger partial charge on any atom is -0.492 e. The third-order valence-corrected chi connectivity index (χ3v) is 4.15. The fourth-order valence-electron chi connectivity index (χ4n) is 3.10. The molecule has 28 heavy (non-hydrogen) atoms. The van der Waals surface area contributed by atoms with Crippen molar-refractivity contribution >= 4 is 11.9 Å². The lowest BCUT2D eigenvalue weighted by atomic mass is 9.92. The number of nitrogens with zero attached hydrogens (tertiary/aromatic N) is 2. The number of ether oxygens (including phenoxy) is 1. The number of nitrogen functional groups attached to an aromatic ring is 1. The predicted molar refractivity (Wildman–Crippen MR) is 103 cm³/mol. The van der Waals surface area contributed by atoms with Crippen molar-refractivity contribution in [2.24, 2.45) is 5.92 Å². The molecule has 0 spiro atoms. The van der Waals surface area contributed by atoms with Crippen LogP contribution in [0.2, 0.25) is 0 Å². The molecule has 0 fully saturated rings. The number of halogens is 1. The molecular formula is C20H23FN4O3. The molecule has 8 heteroatoms. The molecule has 0 saturated heterocycles. The first-order chi connectivity index (χ1) is 13.1. The SMILES string of the molecule is CC(COc1ccc(-c2ccnc(N)c2F)cc1C#N)CC(C)(C)NC(=O)O. The summed E-state index contributed by atoms with van der Waals surface area (Å²) in [6, 6.07) is 8.33. The van der Waals surface area contributed by atoms with Crippen molar-refractivity contribution < 1.29 is 19.0 Å². The monoisotopic (exact) mass is 386 g/mol. The van der Waals surface area contributed by atoms with Gasteiger partial charge < -0.3 is 20.9 Å². The number of rotatable bonds is 7. The molecule has 1 heterocycles. The van der Waals surface area contributed by atoms with Crippen LogP contribution < -0.4 is 15.8 Å². The lowest BCUT2D eigenvalue weighted by Crippen LogP contribution is -2.44. The Balaban J connectivity index is 2.12. The normalized spacial score (nSPS) is 12.1. The molecule has 1 amide bonds. The lowest BCUT2D eigenvalue weighted by Gasteiger charge is -2.28. The molecule has 2 rings (SSSR count). The summed E-state index contributed by atoms with van der Waals surface area (Å²) in [5.41, 5.74) is 5.92. The first-order valence-electron chi connectivity index (χ1n) is 8.71. The number of aromatic nitrogens is 1. The smallest absolute Gasteiger partial charge is 0.405 e. The van der Waals surface area contributed by atoms with Crippen LogP contribution in [0.3, 0.4) is 0 Å². The number of amides is 1. The van der Waals surface area contributed by atoms with E-state index in [1.165, 1.54) is 18.3 Å². The van der Waals surface area contributed by atoms with Crippen LogP contribution in [0.25, 0.3) is 11.1 Å². The van der Waals surface area contributed by atoms with Gasteiger partial charge in [0, 0.05) is 17.3 Å². The summed E-state index contributed by atoms with van der Waals surface area (Å²) < 4.78 is 19.9. The van der Waals surface area contributed by atoms with E-state index >= 15 is 0 Å². The molecule has 4 N–H and O–H groups in total. The van der Waals surface area contributed by atoms with Gasteiger partial charge in [-0.15, -0.1) is 0 Å². The van der Waals surface area contributed by atoms with E-state index in [1.54, 1.807) is 26.0 Å². The first-order valence-corrected chi connectivity index (χ1v) is 8.71. The Morgan fingerprint density at radius 3 is 2.82 bits per heavy atom. The van der Waals surface area contributed by atoms with Crippen LogP contribution in [-0.2, 0) is 0 Å². The number of nitriles is 1. The Hall–Kier alpha value is -3.34. The van der Waals surface area contributed by atoms with E-state index in [1.807, 2.05) is 6.92 Å². The van der Waals surface area contributed by atoms with Crippen molar-refractivity contribution in [3.05, 3.63) is 41.8 Å². The molecule has 2 aromatic rings. The summed E-state index contributed by atoms with van der Waals surface area (Å²) >= 11 is 0. The van der Waals surface area contributed by atoms with Crippen molar-refractivity contribution in [1.82, 2.24) is 10.3 Å². The van der Waals surface area contributed by atoms with Crippen LogP contribution in [0.1, 0.15) is 32.8 Å². The Morgan fingerprint density at radius 1 is 1.46 bits per heavy atom. The fourth-order valence-corrected chi connectivity index (χ4v) is 3.10. The van der Waals surface area contributed by atoms with Crippen LogP contribution in [0.5, 0.6) is 5.75 Å². The van der Waals surface area contributed by atoms with Gasteiger partial charge in [0.05, 0.1) is 12.2 Å². The molecule has 1 aromatic carbocycles. The van der Waals surface area contributed by atoms with Gasteiger partial charge >= 0.3 is 6.09 Å². The van der Waals surface area contributed by atoms with E-state index in [9.17, 15) is 14.4 Å². The largest absolute Gasteiger partial charge is 0.492 e. The number of carbonyl (C=O) groups is 1. The van der Waals surface area contributed by atoms with Crippen molar-refractivity contribution in [2.45, 2.75) is 32.7 Å². The van der Waals surface area contributed by atoms with Gasteiger partial charge in [-0.2, -0.15) is 5.26 Å². The Kier molecular flexibility index (Phi) is 6.41. The van der Waals surface area contributed by atoms with Gasteiger partial charge in [0.1, 0.15) is 11.8 Å². The second-order valence-corrected chi connectivity index (χ2v) is 7.31. The summed E-state index contributed by atoms with van der Waals surface area (Å²) in [7, 11) is 0. The van der Waals surface area contributed by atoms with E-state index in [2.05, 4.69) is 16.4 Å². The predicted octanol–water partition coefficient (Wildman–Crippen LogP) is 3.79. The van der Waals surface area contributed by atoms with Gasteiger partial charge in [0.25, 0.3) is 0 Å². The zero-order valence-electron chi connectivity index (χ0n) is 16.0. The van der Waals surface area contributed by atoms with Gasteiger partial charge in [0.15, 0.2) is 11.6 Å². The standard InChI is InChI=1S/C20H23FN4O3/c1-12(9-20(2,3)25-19(26)27)11-28-16-5-4-13(8-14(16)10-22)15-6-7-24-18(23)17(15)21/h4-8,12,25H,9,11H2,1-3H3,(H2,23,24)(H,26,27). The van der Waals surface area contributed by atoms with Crippen molar-refractivity contribution in [3.63, 3.8) is 0 Å². The van der Waals surface area contributed by atoms with Gasteiger partial charge in [-0.05, 0) is 49.9 Å². The zero-order valence-corrected chi connectivity index (χ0v) is 16.0. The highest BCUT2D eigenvalue weighted by atomic mass is 19.1. The summed E-state index contributed by atoms with van der Waals surface area (Å²) in [5.74, 6) is -0.431. The van der Waals surface area contributed by atoms with Crippen LogP contribution in [0.15, 0.2) is 30.5 Å². The average Bonchev–Trinajstić information content (AvgIpc) is 2.60. The second-order valence-electron chi connectivity index (χ2n) is 7.31. The first kappa shape index (κ1) is 21.0. The topological polar surface area (TPSA) is 121 Å². The van der Waals surface area contributed by atoms with Gasteiger partial charge in [0.2, 0.25) is 0 Å². The maximum absolute atomic E-state index is 14.2. The maximum atomic E-state index is 14.2. The molecule has 148 valence electrons. The number of nitrogens with two attached hydrogens (primary N) is 1. The molecule has 1 aromatic heterocycles. The maximum Gasteiger partial charge on any atom is 0.405 e. The summed E-state index contributed by atoms with van der Waals surface area (Å²) in [5, 5.41) is 20.8. The average molecular weight is 386 g/mol. The lowest BCUT2D eigenvalue weighted by molar-refractivity contribution is 0.169. The number of hydrogen-bond donors (Lipinski definition) is 3. The molecule has 1 atom stereocenters. The molecular weight excluding hydrogens is 363 g/mol. The highest BCUT2D eigenvalue weighted by Crippen LogP contribution is 2.30. The van der Waals surface area contributed by atoms with Crippen LogP contribution in [-0.4, -0.2) is 28.3 Å².